The lowest BCUT2D eigenvalue weighted by atomic mass is 10.1. The highest BCUT2D eigenvalue weighted by molar-refractivity contribution is 6.06. The lowest BCUT2D eigenvalue weighted by Gasteiger charge is -2.28. The van der Waals surface area contributed by atoms with Gasteiger partial charge in [-0.2, -0.15) is 5.26 Å². The number of ketones is 1. The minimum absolute atomic E-state index is 0.00967. The molecule has 3 nitrogen and oxygen atoms in total. The fraction of sp³-hybridized carbons (Fsp3) is 0.238. The van der Waals surface area contributed by atoms with Crippen LogP contribution in [0, 0.1) is 11.3 Å². The Morgan fingerprint density at radius 2 is 1.62 bits per heavy atom. The first-order chi connectivity index (χ1) is 11.8. The number of rotatable bonds is 4. The standard InChI is InChI=1S/C21H20N2O/c22-16-18-6-4-17(5-7-18)8-13-21(24)19-9-11-20(12-10-19)23-14-2-1-3-15-23/h4-13H,1-3,14-15H2/b13-8+. The number of allylic oxidation sites excluding steroid dienone is 1. The molecular weight excluding hydrogens is 296 g/mol. The van der Waals surface area contributed by atoms with Gasteiger partial charge in [-0.3, -0.25) is 4.79 Å². The number of benzene rings is 2. The molecule has 0 atom stereocenters. The van der Waals surface area contributed by atoms with Crippen molar-refractivity contribution in [3.8, 4) is 6.07 Å². The molecule has 0 bridgehead atoms. The fourth-order valence-electron chi connectivity index (χ4n) is 2.93. The molecule has 24 heavy (non-hydrogen) atoms. The first-order valence-electron chi connectivity index (χ1n) is 8.34. The van der Waals surface area contributed by atoms with Crippen molar-refractivity contribution in [1.82, 2.24) is 0 Å². The van der Waals surface area contributed by atoms with Crippen LogP contribution in [0.1, 0.15) is 40.7 Å². The molecule has 2 aromatic carbocycles. The van der Waals surface area contributed by atoms with Gasteiger partial charge in [0.15, 0.2) is 5.78 Å². The van der Waals surface area contributed by atoms with E-state index >= 15 is 0 Å². The van der Waals surface area contributed by atoms with E-state index in [0.29, 0.717) is 11.1 Å². The molecule has 1 heterocycles. The predicted molar refractivity (Wildman–Crippen MR) is 97.0 cm³/mol. The lowest BCUT2D eigenvalue weighted by Crippen LogP contribution is -2.29. The number of carbonyl (C=O) groups excluding carboxylic acids is 1. The maximum Gasteiger partial charge on any atom is 0.185 e. The summed E-state index contributed by atoms with van der Waals surface area (Å²) in [5, 5.41) is 8.79. The van der Waals surface area contributed by atoms with E-state index in [2.05, 4.69) is 11.0 Å². The van der Waals surface area contributed by atoms with Gasteiger partial charge in [0.1, 0.15) is 0 Å². The Kier molecular flexibility index (Phi) is 5.08. The molecular formula is C21H20N2O. The van der Waals surface area contributed by atoms with Gasteiger partial charge in [0.25, 0.3) is 0 Å². The normalized spacial score (nSPS) is 14.5. The summed E-state index contributed by atoms with van der Waals surface area (Å²) in [7, 11) is 0. The number of nitriles is 1. The molecule has 120 valence electrons. The molecule has 0 unspecified atom stereocenters. The topological polar surface area (TPSA) is 44.1 Å². The van der Waals surface area contributed by atoms with Crippen molar-refractivity contribution in [1.29, 1.82) is 5.26 Å². The van der Waals surface area contributed by atoms with Crippen molar-refractivity contribution in [2.75, 3.05) is 18.0 Å². The summed E-state index contributed by atoms with van der Waals surface area (Å²) in [5.41, 5.74) is 3.42. The number of hydrogen-bond donors (Lipinski definition) is 0. The van der Waals surface area contributed by atoms with Gasteiger partial charge in [0.05, 0.1) is 11.6 Å². The van der Waals surface area contributed by atoms with Gasteiger partial charge in [-0.15, -0.1) is 0 Å². The highest BCUT2D eigenvalue weighted by Gasteiger charge is 2.11. The van der Waals surface area contributed by atoms with E-state index in [0.717, 1.165) is 18.7 Å². The van der Waals surface area contributed by atoms with E-state index in [9.17, 15) is 4.79 Å². The van der Waals surface area contributed by atoms with Gasteiger partial charge in [0.2, 0.25) is 0 Å². The second-order valence-electron chi connectivity index (χ2n) is 6.03. The molecule has 1 saturated heterocycles. The smallest absolute Gasteiger partial charge is 0.185 e. The molecule has 2 aromatic rings. The van der Waals surface area contributed by atoms with E-state index in [1.54, 1.807) is 24.3 Å². The number of nitrogens with zero attached hydrogens (tertiary/aromatic N) is 2. The van der Waals surface area contributed by atoms with Crippen molar-refractivity contribution in [2.45, 2.75) is 19.3 Å². The molecule has 0 saturated carbocycles. The lowest BCUT2D eigenvalue weighted by molar-refractivity contribution is 0.104. The van der Waals surface area contributed by atoms with Crippen molar-refractivity contribution in [3.63, 3.8) is 0 Å². The summed E-state index contributed by atoms with van der Waals surface area (Å²) in [6.45, 7) is 2.21. The predicted octanol–water partition coefficient (Wildman–Crippen LogP) is 4.44. The van der Waals surface area contributed by atoms with Crippen molar-refractivity contribution < 1.29 is 4.79 Å². The molecule has 3 heteroatoms. The average Bonchev–Trinajstić information content (AvgIpc) is 2.67. The minimum Gasteiger partial charge on any atom is -0.372 e. The third-order valence-corrected chi connectivity index (χ3v) is 4.34. The summed E-state index contributed by atoms with van der Waals surface area (Å²) in [6, 6.07) is 17.1. The largest absolute Gasteiger partial charge is 0.372 e. The zero-order valence-corrected chi connectivity index (χ0v) is 13.6. The Morgan fingerprint density at radius 3 is 2.25 bits per heavy atom. The third kappa shape index (κ3) is 3.91. The van der Waals surface area contributed by atoms with E-state index in [1.807, 2.05) is 36.4 Å². The maximum absolute atomic E-state index is 12.3. The highest BCUT2D eigenvalue weighted by atomic mass is 16.1. The molecule has 1 fully saturated rings. The number of piperidine rings is 1. The molecule has 0 radical (unpaired) electrons. The van der Waals surface area contributed by atoms with Crippen LogP contribution < -0.4 is 4.90 Å². The van der Waals surface area contributed by atoms with Gasteiger partial charge >= 0.3 is 0 Å². The van der Waals surface area contributed by atoms with Gasteiger partial charge in [0, 0.05) is 24.3 Å². The monoisotopic (exact) mass is 316 g/mol. The van der Waals surface area contributed by atoms with Gasteiger partial charge in [-0.1, -0.05) is 18.2 Å². The molecule has 0 aromatic heterocycles. The van der Waals surface area contributed by atoms with Gasteiger partial charge in [-0.25, -0.2) is 0 Å². The van der Waals surface area contributed by atoms with Crippen LogP contribution in [0.3, 0.4) is 0 Å². The van der Waals surface area contributed by atoms with Crippen molar-refractivity contribution >= 4 is 17.5 Å². The van der Waals surface area contributed by atoms with E-state index in [1.165, 1.54) is 24.9 Å². The Morgan fingerprint density at radius 1 is 0.958 bits per heavy atom. The van der Waals surface area contributed by atoms with Crippen molar-refractivity contribution in [3.05, 3.63) is 71.3 Å². The van der Waals surface area contributed by atoms with Crippen LogP contribution in [-0.4, -0.2) is 18.9 Å². The molecule has 3 rings (SSSR count). The first-order valence-corrected chi connectivity index (χ1v) is 8.34. The highest BCUT2D eigenvalue weighted by Crippen LogP contribution is 2.20. The zero-order valence-electron chi connectivity index (χ0n) is 13.6. The summed E-state index contributed by atoms with van der Waals surface area (Å²) in [6.07, 6.45) is 7.16. The number of anilines is 1. The van der Waals surface area contributed by atoms with Gasteiger partial charge in [-0.05, 0) is 67.3 Å². The molecule has 0 spiro atoms. The van der Waals surface area contributed by atoms with Gasteiger partial charge < -0.3 is 4.90 Å². The Bertz CT molecular complexity index is 761. The SMILES string of the molecule is N#Cc1ccc(/C=C/C(=O)c2ccc(N3CCCCC3)cc2)cc1. The summed E-state index contributed by atoms with van der Waals surface area (Å²) < 4.78 is 0. The van der Waals surface area contributed by atoms with E-state index in [-0.39, 0.29) is 5.78 Å². The fourth-order valence-corrected chi connectivity index (χ4v) is 2.93. The maximum atomic E-state index is 12.3. The van der Waals surface area contributed by atoms with Crippen LogP contribution >= 0.6 is 0 Å². The summed E-state index contributed by atoms with van der Waals surface area (Å²) in [4.78, 5) is 14.7. The Labute approximate surface area is 142 Å². The molecule has 0 aliphatic carbocycles. The van der Waals surface area contributed by atoms with Crippen LogP contribution in [0.5, 0.6) is 0 Å². The van der Waals surface area contributed by atoms with Crippen molar-refractivity contribution in [2.24, 2.45) is 0 Å². The second-order valence-corrected chi connectivity index (χ2v) is 6.03. The van der Waals surface area contributed by atoms with Crippen LogP contribution in [0.4, 0.5) is 5.69 Å². The summed E-state index contributed by atoms with van der Waals surface area (Å²) >= 11 is 0. The quantitative estimate of drug-likeness (QED) is 0.618. The third-order valence-electron chi connectivity index (χ3n) is 4.34. The van der Waals surface area contributed by atoms with E-state index in [4.69, 9.17) is 5.26 Å². The first kappa shape index (κ1) is 16.0. The van der Waals surface area contributed by atoms with Crippen LogP contribution in [0.25, 0.3) is 6.08 Å². The van der Waals surface area contributed by atoms with E-state index < -0.39 is 0 Å². The minimum atomic E-state index is -0.00967. The Hall–Kier alpha value is -2.86. The zero-order chi connectivity index (χ0) is 16.8. The van der Waals surface area contributed by atoms with Crippen LogP contribution in [0.2, 0.25) is 0 Å². The Balaban J connectivity index is 1.65. The second kappa shape index (κ2) is 7.61. The molecule has 1 aliphatic rings. The number of hydrogen-bond acceptors (Lipinski definition) is 3. The van der Waals surface area contributed by atoms with Crippen LogP contribution in [-0.2, 0) is 0 Å². The molecule has 1 aliphatic heterocycles. The summed E-state index contributed by atoms with van der Waals surface area (Å²) in [5.74, 6) is -0.00967. The average molecular weight is 316 g/mol. The molecule has 0 N–H and O–H groups in total. The molecule has 0 amide bonds. The van der Waals surface area contributed by atoms with Crippen LogP contribution in [0.15, 0.2) is 54.6 Å². The number of carbonyl (C=O) groups is 1.